The third-order valence-electron chi connectivity index (χ3n) is 2.63. The summed E-state index contributed by atoms with van der Waals surface area (Å²) in [6.07, 6.45) is 3.05. The van der Waals surface area contributed by atoms with Crippen LogP contribution in [-0.4, -0.2) is 7.11 Å². The van der Waals surface area contributed by atoms with Crippen LogP contribution in [0.4, 0.5) is 4.39 Å². The van der Waals surface area contributed by atoms with Crippen molar-refractivity contribution in [1.29, 1.82) is 0 Å². The Morgan fingerprint density at radius 1 is 1.50 bits per heavy atom. The molecule has 0 heterocycles. The van der Waals surface area contributed by atoms with Gasteiger partial charge in [-0.3, -0.25) is 11.3 Å². The van der Waals surface area contributed by atoms with Gasteiger partial charge in [0.05, 0.1) is 7.11 Å². The van der Waals surface area contributed by atoms with Crippen LogP contribution in [0.25, 0.3) is 0 Å². The fourth-order valence-corrected chi connectivity index (χ4v) is 1.65. The molecule has 1 unspecified atom stereocenters. The number of nitrogens with one attached hydrogen (secondary N) is 1. The number of rotatable bonds is 6. The van der Waals surface area contributed by atoms with Crippen molar-refractivity contribution in [3.63, 3.8) is 0 Å². The van der Waals surface area contributed by atoms with Crippen LogP contribution in [0.5, 0.6) is 5.75 Å². The minimum Gasteiger partial charge on any atom is -0.494 e. The summed E-state index contributed by atoms with van der Waals surface area (Å²) in [5.74, 6) is 5.37. The lowest BCUT2D eigenvalue weighted by Crippen LogP contribution is -2.28. The summed E-state index contributed by atoms with van der Waals surface area (Å²) in [4.78, 5) is 0. The van der Waals surface area contributed by atoms with Gasteiger partial charge in [-0.25, -0.2) is 4.39 Å². The third kappa shape index (κ3) is 3.18. The van der Waals surface area contributed by atoms with Gasteiger partial charge in [0, 0.05) is 6.04 Å². The van der Waals surface area contributed by atoms with Gasteiger partial charge in [-0.05, 0) is 24.1 Å². The molecule has 16 heavy (non-hydrogen) atoms. The molecule has 3 nitrogen and oxygen atoms in total. The van der Waals surface area contributed by atoms with E-state index in [9.17, 15) is 4.39 Å². The van der Waals surface area contributed by atoms with Gasteiger partial charge in [0.2, 0.25) is 0 Å². The van der Waals surface area contributed by atoms with Crippen LogP contribution < -0.4 is 16.0 Å². The minimum absolute atomic E-state index is 0.000330. The van der Waals surface area contributed by atoms with Crippen LogP contribution >= 0.6 is 0 Å². The number of nitrogens with two attached hydrogens (primary N) is 1. The molecular formula is C12H19FN2O. The molecule has 0 saturated heterocycles. The SMILES string of the molecule is CCCCC(NN)c1ccc(OC)c(F)c1. The Balaban J connectivity index is 2.80. The number of hydrogen-bond donors (Lipinski definition) is 2. The molecule has 1 aromatic rings. The monoisotopic (exact) mass is 226 g/mol. The summed E-state index contributed by atoms with van der Waals surface area (Å²) in [6.45, 7) is 2.11. The van der Waals surface area contributed by atoms with Gasteiger partial charge in [-0.1, -0.05) is 25.8 Å². The van der Waals surface area contributed by atoms with Crippen molar-refractivity contribution in [3.05, 3.63) is 29.6 Å². The maximum atomic E-state index is 13.5. The number of hydrogen-bond acceptors (Lipinski definition) is 3. The molecule has 0 bridgehead atoms. The van der Waals surface area contributed by atoms with Crippen molar-refractivity contribution in [2.75, 3.05) is 7.11 Å². The van der Waals surface area contributed by atoms with E-state index in [1.807, 2.05) is 6.07 Å². The van der Waals surface area contributed by atoms with E-state index in [1.54, 1.807) is 6.07 Å². The molecule has 0 aliphatic rings. The van der Waals surface area contributed by atoms with Gasteiger partial charge in [-0.2, -0.15) is 0 Å². The predicted octanol–water partition coefficient (Wildman–Crippen LogP) is 2.53. The van der Waals surface area contributed by atoms with Crippen molar-refractivity contribution < 1.29 is 9.13 Å². The normalized spacial score (nSPS) is 12.5. The molecule has 0 aromatic heterocycles. The van der Waals surface area contributed by atoms with Crippen LogP contribution in [0.1, 0.15) is 37.8 Å². The lowest BCUT2D eigenvalue weighted by Gasteiger charge is -2.16. The van der Waals surface area contributed by atoms with Crippen LogP contribution in [0.3, 0.4) is 0 Å². The molecule has 0 aliphatic carbocycles. The zero-order valence-electron chi connectivity index (χ0n) is 9.79. The van der Waals surface area contributed by atoms with E-state index in [0.29, 0.717) is 0 Å². The Kier molecular flexibility index (Phi) is 5.22. The van der Waals surface area contributed by atoms with Crippen molar-refractivity contribution >= 4 is 0 Å². The van der Waals surface area contributed by atoms with E-state index >= 15 is 0 Å². The molecular weight excluding hydrogens is 207 g/mol. The summed E-state index contributed by atoms with van der Waals surface area (Å²) < 4.78 is 18.3. The lowest BCUT2D eigenvalue weighted by molar-refractivity contribution is 0.385. The number of benzene rings is 1. The zero-order chi connectivity index (χ0) is 12.0. The van der Waals surface area contributed by atoms with Crippen molar-refractivity contribution in [2.45, 2.75) is 32.2 Å². The Bertz CT molecular complexity index is 331. The van der Waals surface area contributed by atoms with E-state index in [1.165, 1.54) is 13.2 Å². The zero-order valence-corrected chi connectivity index (χ0v) is 9.79. The maximum Gasteiger partial charge on any atom is 0.165 e. The highest BCUT2D eigenvalue weighted by molar-refractivity contribution is 5.30. The average molecular weight is 226 g/mol. The summed E-state index contributed by atoms with van der Waals surface area (Å²) in [5.41, 5.74) is 3.57. The van der Waals surface area contributed by atoms with Crippen molar-refractivity contribution in [1.82, 2.24) is 5.43 Å². The number of unbranched alkanes of at least 4 members (excludes halogenated alkanes) is 1. The number of ether oxygens (including phenoxy) is 1. The van der Waals surface area contributed by atoms with Crippen LogP contribution in [0.2, 0.25) is 0 Å². The molecule has 4 heteroatoms. The summed E-state index contributed by atoms with van der Waals surface area (Å²) in [5, 5.41) is 0. The van der Waals surface area contributed by atoms with E-state index in [-0.39, 0.29) is 17.6 Å². The fourth-order valence-electron chi connectivity index (χ4n) is 1.65. The quantitative estimate of drug-likeness (QED) is 0.579. The highest BCUT2D eigenvalue weighted by atomic mass is 19.1. The molecule has 0 aliphatic heterocycles. The van der Waals surface area contributed by atoms with E-state index in [4.69, 9.17) is 10.6 Å². The van der Waals surface area contributed by atoms with Crippen LogP contribution in [0, 0.1) is 5.82 Å². The first-order chi connectivity index (χ1) is 7.72. The first-order valence-corrected chi connectivity index (χ1v) is 5.52. The van der Waals surface area contributed by atoms with Crippen molar-refractivity contribution in [3.8, 4) is 5.75 Å². The number of hydrazine groups is 1. The van der Waals surface area contributed by atoms with E-state index < -0.39 is 0 Å². The summed E-state index contributed by atoms with van der Waals surface area (Å²) in [6, 6.07) is 4.93. The molecule has 0 fully saturated rings. The second-order valence-corrected chi connectivity index (χ2v) is 3.76. The Morgan fingerprint density at radius 2 is 2.25 bits per heavy atom. The number of halogens is 1. The number of methoxy groups -OCH3 is 1. The lowest BCUT2D eigenvalue weighted by atomic mass is 10.0. The summed E-state index contributed by atoms with van der Waals surface area (Å²) >= 11 is 0. The smallest absolute Gasteiger partial charge is 0.165 e. The first-order valence-electron chi connectivity index (χ1n) is 5.52. The van der Waals surface area contributed by atoms with Gasteiger partial charge >= 0.3 is 0 Å². The van der Waals surface area contributed by atoms with Gasteiger partial charge in [0.1, 0.15) is 0 Å². The molecule has 0 radical (unpaired) electrons. The fraction of sp³-hybridized carbons (Fsp3) is 0.500. The molecule has 3 N–H and O–H groups in total. The molecule has 1 rings (SSSR count). The van der Waals surface area contributed by atoms with Crippen LogP contribution in [0.15, 0.2) is 18.2 Å². The third-order valence-corrected chi connectivity index (χ3v) is 2.63. The molecule has 1 aromatic carbocycles. The summed E-state index contributed by atoms with van der Waals surface area (Å²) in [7, 11) is 1.45. The van der Waals surface area contributed by atoms with Gasteiger partial charge in [-0.15, -0.1) is 0 Å². The second kappa shape index (κ2) is 6.45. The standard InChI is InChI=1S/C12H19FN2O/c1-3-4-5-11(15-14)9-6-7-12(16-2)10(13)8-9/h6-8,11,15H,3-5,14H2,1-2H3. The van der Waals surface area contributed by atoms with Crippen LogP contribution in [-0.2, 0) is 0 Å². The molecule has 1 atom stereocenters. The van der Waals surface area contributed by atoms with Crippen molar-refractivity contribution in [2.24, 2.45) is 5.84 Å². The van der Waals surface area contributed by atoms with E-state index in [0.717, 1.165) is 24.8 Å². The highest BCUT2D eigenvalue weighted by Gasteiger charge is 2.11. The van der Waals surface area contributed by atoms with Gasteiger partial charge < -0.3 is 4.74 Å². The topological polar surface area (TPSA) is 47.3 Å². The largest absolute Gasteiger partial charge is 0.494 e. The predicted molar refractivity (Wildman–Crippen MR) is 62.5 cm³/mol. The molecule has 0 spiro atoms. The highest BCUT2D eigenvalue weighted by Crippen LogP contribution is 2.24. The van der Waals surface area contributed by atoms with Gasteiger partial charge in [0.15, 0.2) is 11.6 Å². The second-order valence-electron chi connectivity index (χ2n) is 3.76. The Labute approximate surface area is 95.8 Å². The first kappa shape index (κ1) is 12.9. The Morgan fingerprint density at radius 3 is 2.75 bits per heavy atom. The van der Waals surface area contributed by atoms with E-state index in [2.05, 4.69) is 12.3 Å². The average Bonchev–Trinajstić information content (AvgIpc) is 2.30. The minimum atomic E-state index is -0.350. The molecule has 0 saturated carbocycles. The van der Waals surface area contributed by atoms with Gasteiger partial charge in [0.25, 0.3) is 0 Å². The Hall–Kier alpha value is -1.13. The maximum absolute atomic E-state index is 13.5. The molecule has 0 amide bonds. The molecule has 90 valence electrons.